The van der Waals surface area contributed by atoms with E-state index in [0.29, 0.717) is 24.2 Å². The Balaban J connectivity index is 1.65. The molecule has 1 aliphatic rings. The number of nitrogens with zero attached hydrogens (tertiary/aromatic N) is 1. The number of amides is 1. The predicted octanol–water partition coefficient (Wildman–Crippen LogP) is 3.06. The summed E-state index contributed by atoms with van der Waals surface area (Å²) < 4.78 is 18.9. The second-order valence-electron chi connectivity index (χ2n) is 5.46. The smallest absolute Gasteiger partial charge is 0.230 e. The molecule has 0 bridgehead atoms. The molecule has 23 heavy (non-hydrogen) atoms. The second-order valence-corrected chi connectivity index (χ2v) is 5.46. The average Bonchev–Trinajstić information content (AvgIpc) is 2.56. The van der Waals surface area contributed by atoms with Gasteiger partial charge in [0.05, 0.1) is 19.1 Å². The van der Waals surface area contributed by atoms with Crippen molar-refractivity contribution in [1.82, 2.24) is 0 Å². The van der Waals surface area contributed by atoms with Crippen LogP contribution < -0.4 is 9.64 Å². The summed E-state index contributed by atoms with van der Waals surface area (Å²) in [7, 11) is 0. The van der Waals surface area contributed by atoms with E-state index in [9.17, 15) is 14.3 Å². The van der Waals surface area contributed by atoms with Gasteiger partial charge in [0, 0.05) is 17.8 Å². The van der Waals surface area contributed by atoms with Crippen molar-refractivity contribution in [1.29, 1.82) is 0 Å². The number of benzene rings is 2. The number of aliphatic hydroxyl groups excluding tert-OH is 1. The standard InChI is InChI=1S/C18H18FNO3/c19-13-6-7-16-15(12-13)17(21)8-10-20(16)18(22)9-11-23-14-4-2-1-3-5-14/h1-7,12,17,21H,8-11H2. The third-order valence-corrected chi connectivity index (χ3v) is 3.89. The molecule has 0 saturated carbocycles. The number of hydrogen-bond donors (Lipinski definition) is 1. The van der Waals surface area contributed by atoms with Gasteiger partial charge >= 0.3 is 0 Å². The zero-order chi connectivity index (χ0) is 16.2. The lowest BCUT2D eigenvalue weighted by Crippen LogP contribution is -2.37. The Bertz CT molecular complexity index is 690. The first kappa shape index (κ1) is 15.5. The summed E-state index contributed by atoms with van der Waals surface area (Å²) in [5, 5.41) is 9.98. The fourth-order valence-electron chi connectivity index (χ4n) is 2.73. The topological polar surface area (TPSA) is 49.8 Å². The van der Waals surface area contributed by atoms with Crippen LogP contribution in [-0.2, 0) is 4.79 Å². The normalized spacial score (nSPS) is 16.8. The van der Waals surface area contributed by atoms with E-state index in [1.165, 1.54) is 12.1 Å². The molecule has 1 atom stereocenters. The van der Waals surface area contributed by atoms with Crippen LogP contribution in [0.1, 0.15) is 24.5 Å². The quantitative estimate of drug-likeness (QED) is 0.943. The molecule has 1 aliphatic heterocycles. The molecule has 1 amide bonds. The minimum Gasteiger partial charge on any atom is -0.493 e. The van der Waals surface area contributed by atoms with Gasteiger partial charge in [0.1, 0.15) is 11.6 Å². The summed E-state index contributed by atoms with van der Waals surface area (Å²) in [5.74, 6) is 0.210. The van der Waals surface area contributed by atoms with Gasteiger partial charge in [-0.3, -0.25) is 4.79 Å². The molecule has 4 nitrogen and oxygen atoms in total. The number of carbonyl (C=O) groups is 1. The Morgan fingerprint density at radius 1 is 1.26 bits per heavy atom. The van der Waals surface area contributed by atoms with Crippen LogP contribution in [-0.4, -0.2) is 24.2 Å². The zero-order valence-corrected chi connectivity index (χ0v) is 12.6. The number of halogens is 1. The van der Waals surface area contributed by atoms with Crippen molar-refractivity contribution in [3.05, 3.63) is 59.9 Å². The van der Waals surface area contributed by atoms with E-state index in [0.717, 1.165) is 5.75 Å². The van der Waals surface area contributed by atoms with E-state index in [1.54, 1.807) is 11.0 Å². The lowest BCUT2D eigenvalue weighted by atomic mass is 9.98. The van der Waals surface area contributed by atoms with Crippen molar-refractivity contribution in [3.63, 3.8) is 0 Å². The Hall–Kier alpha value is -2.40. The molecular weight excluding hydrogens is 297 g/mol. The number of para-hydroxylation sites is 1. The van der Waals surface area contributed by atoms with Crippen molar-refractivity contribution in [3.8, 4) is 5.75 Å². The number of hydrogen-bond acceptors (Lipinski definition) is 3. The van der Waals surface area contributed by atoms with Gasteiger partial charge in [-0.05, 0) is 36.8 Å². The first-order valence-corrected chi connectivity index (χ1v) is 7.61. The maximum atomic E-state index is 13.4. The lowest BCUT2D eigenvalue weighted by Gasteiger charge is -2.32. The summed E-state index contributed by atoms with van der Waals surface area (Å²) in [5.41, 5.74) is 1.04. The first-order chi connectivity index (χ1) is 11.1. The van der Waals surface area contributed by atoms with Crippen molar-refractivity contribution < 1.29 is 19.0 Å². The first-order valence-electron chi connectivity index (χ1n) is 7.61. The number of aliphatic hydroxyl groups is 1. The predicted molar refractivity (Wildman–Crippen MR) is 84.9 cm³/mol. The molecule has 0 saturated heterocycles. The van der Waals surface area contributed by atoms with E-state index in [-0.39, 0.29) is 18.9 Å². The Kier molecular flexibility index (Phi) is 4.57. The van der Waals surface area contributed by atoms with Gasteiger partial charge in [-0.15, -0.1) is 0 Å². The Morgan fingerprint density at radius 2 is 2.04 bits per heavy atom. The van der Waals surface area contributed by atoms with Gasteiger partial charge in [0.2, 0.25) is 5.91 Å². The molecule has 0 fully saturated rings. The number of rotatable bonds is 4. The van der Waals surface area contributed by atoms with E-state index >= 15 is 0 Å². The molecule has 0 aliphatic carbocycles. The molecule has 1 heterocycles. The Labute approximate surface area is 134 Å². The van der Waals surface area contributed by atoms with Gasteiger partial charge in [-0.1, -0.05) is 18.2 Å². The van der Waals surface area contributed by atoms with Crippen LogP contribution in [0.4, 0.5) is 10.1 Å². The molecule has 0 radical (unpaired) electrons. The third kappa shape index (κ3) is 3.51. The minimum atomic E-state index is -0.731. The van der Waals surface area contributed by atoms with Crippen molar-refractivity contribution in [2.45, 2.75) is 18.9 Å². The van der Waals surface area contributed by atoms with Crippen LogP contribution in [0.3, 0.4) is 0 Å². The third-order valence-electron chi connectivity index (χ3n) is 3.89. The minimum absolute atomic E-state index is 0.0966. The molecule has 1 unspecified atom stereocenters. The van der Waals surface area contributed by atoms with E-state index in [1.807, 2.05) is 30.3 Å². The molecule has 0 aromatic heterocycles. The van der Waals surface area contributed by atoms with E-state index < -0.39 is 11.9 Å². The monoisotopic (exact) mass is 315 g/mol. The van der Waals surface area contributed by atoms with Crippen LogP contribution in [0.25, 0.3) is 0 Å². The van der Waals surface area contributed by atoms with Crippen LogP contribution in [0, 0.1) is 5.82 Å². The largest absolute Gasteiger partial charge is 0.493 e. The highest BCUT2D eigenvalue weighted by Gasteiger charge is 2.27. The second kappa shape index (κ2) is 6.79. The highest BCUT2D eigenvalue weighted by molar-refractivity contribution is 5.94. The van der Waals surface area contributed by atoms with E-state index in [2.05, 4.69) is 0 Å². The lowest BCUT2D eigenvalue weighted by molar-refractivity contribution is -0.119. The zero-order valence-electron chi connectivity index (χ0n) is 12.6. The highest BCUT2D eigenvalue weighted by Crippen LogP contribution is 2.34. The van der Waals surface area contributed by atoms with Gasteiger partial charge in [0.15, 0.2) is 0 Å². The van der Waals surface area contributed by atoms with Crippen LogP contribution in [0.15, 0.2) is 48.5 Å². The summed E-state index contributed by atoms with van der Waals surface area (Å²) in [6, 6.07) is 13.4. The fraction of sp³-hybridized carbons (Fsp3) is 0.278. The maximum absolute atomic E-state index is 13.4. The Morgan fingerprint density at radius 3 is 2.83 bits per heavy atom. The van der Waals surface area contributed by atoms with Crippen LogP contribution >= 0.6 is 0 Å². The summed E-state index contributed by atoms with van der Waals surface area (Å²) in [6.45, 7) is 0.697. The fourth-order valence-corrected chi connectivity index (χ4v) is 2.73. The summed E-state index contributed by atoms with van der Waals surface area (Å²) in [6.07, 6.45) is -0.103. The van der Waals surface area contributed by atoms with Crippen LogP contribution in [0.5, 0.6) is 5.75 Å². The highest BCUT2D eigenvalue weighted by atomic mass is 19.1. The molecule has 1 N–H and O–H groups in total. The van der Waals surface area contributed by atoms with Gasteiger partial charge < -0.3 is 14.7 Å². The van der Waals surface area contributed by atoms with Crippen molar-refractivity contribution >= 4 is 11.6 Å². The van der Waals surface area contributed by atoms with Gasteiger partial charge in [0.25, 0.3) is 0 Å². The van der Waals surface area contributed by atoms with Crippen molar-refractivity contribution in [2.75, 3.05) is 18.1 Å². The van der Waals surface area contributed by atoms with Gasteiger partial charge in [-0.2, -0.15) is 0 Å². The molecule has 120 valence electrons. The average molecular weight is 315 g/mol. The number of anilines is 1. The number of carbonyl (C=O) groups excluding carboxylic acids is 1. The molecule has 2 aromatic carbocycles. The van der Waals surface area contributed by atoms with E-state index in [4.69, 9.17) is 4.74 Å². The maximum Gasteiger partial charge on any atom is 0.230 e. The molecule has 5 heteroatoms. The SMILES string of the molecule is O=C(CCOc1ccccc1)N1CCC(O)c2cc(F)ccc21. The summed E-state index contributed by atoms with van der Waals surface area (Å²) >= 11 is 0. The summed E-state index contributed by atoms with van der Waals surface area (Å²) in [4.78, 5) is 14.0. The molecular formula is C18H18FNO3. The van der Waals surface area contributed by atoms with Crippen molar-refractivity contribution in [2.24, 2.45) is 0 Å². The molecule has 3 rings (SSSR count). The van der Waals surface area contributed by atoms with Crippen LogP contribution in [0.2, 0.25) is 0 Å². The molecule has 0 spiro atoms. The number of fused-ring (bicyclic) bond motifs is 1. The van der Waals surface area contributed by atoms with Gasteiger partial charge in [-0.25, -0.2) is 4.39 Å². The molecule has 2 aromatic rings. The number of ether oxygens (including phenoxy) is 1.